The minimum Gasteiger partial charge on any atom is -0.453 e. The van der Waals surface area contributed by atoms with Crippen LogP contribution in [0.25, 0.3) is 0 Å². The van der Waals surface area contributed by atoms with Crippen molar-refractivity contribution in [1.29, 1.82) is 0 Å². The molecule has 1 aliphatic rings. The van der Waals surface area contributed by atoms with E-state index in [0.29, 0.717) is 6.42 Å². The van der Waals surface area contributed by atoms with Crippen molar-refractivity contribution in [1.82, 2.24) is 0 Å². The smallest absolute Gasteiger partial charge is 0.151 e. The molecule has 1 heterocycles. The van der Waals surface area contributed by atoms with Gasteiger partial charge < -0.3 is 20.3 Å². The Labute approximate surface area is 111 Å². The van der Waals surface area contributed by atoms with E-state index in [4.69, 9.17) is 9.84 Å². The van der Waals surface area contributed by atoms with Crippen LogP contribution in [0.4, 0.5) is 11.4 Å². The lowest BCUT2D eigenvalue weighted by atomic mass is 10.0. The first-order chi connectivity index (χ1) is 9.28. The highest BCUT2D eigenvalue weighted by Gasteiger charge is 2.19. The second-order valence-electron chi connectivity index (χ2n) is 4.55. The SMILES string of the molecule is OCC(O)Cc1cccc2c1Nc1ccccc1O2. The van der Waals surface area contributed by atoms with Gasteiger partial charge in [-0.2, -0.15) is 0 Å². The summed E-state index contributed by atoms with van der Waals surface area (Å²) in [4.78, 5) is 0. The van der Waals surface area contributed by atoms with Gasteiger partial charge in [0.05, 0.1) is 24.1 Å². The van der Waals surface area contributed by atoms with Crippen LogP contribution in [0.15, 0.2) is 42.5 Å². The zero-order valence-electron chi connectivity index (χ0n) is 10.3. The van der Waals surface area contributed by atoms with Gasteiger partial charge in [0.25, 0.3) is 0 Å². The second kappa shape index (κ2) is 4.91. The molecule has 1 atom stereocenters. The Balaban J connectivity index is 1.96. The van der Waals surface area contributed by atoms with E-state index < -0.39 is 6.10 Å². The maximum Gasteiger partial charge on any atom is 0.151 e. The Kier molecular flexibility index (Phi) is 3.11. The minimum absolute atomic E-state index is 0.249. The summed E-state index contributed by atoms with van der Waals surface area (Å²) in [6, 6.07) is 13.4. The lowest BCUT2D eigenvalue weighted by Crippen LogP contribution is -2.16. The normalized spacial score (nSPS) is 13.8. The summed E-state index contributed by atoms with van der Waals surface area (Å²) in [6.07, 6.45) is -0.372. The van der Waals surface area contributed by atoms with Crippen LogP contribution in [0.2, 0.25) is 0 Å². The van der Waals surface area contributed by atoms with Gasteiger partial charge in [0.1, 0.15) is 0 Å². The standard InChI is InChI=1S/C15H15NO3/c17-9-11(18)8-10-4-3-7-14-15(10)16-12-5-1-2-6-13(12)19-14/h1-7,11,16-18H,8-9H2. The van der Waals surface area contributed by atoms with E-state index in [1.165, 1.54) is 0 Å². The average molecular weight is 257 g/mol. The number of ether oxygens (including phenoxy) is 1. The molecule has 0 radical (unpaired) electrons. The van der Waals surface area contributed by atoms with E-state index in [-0.39, 0.29) is 6.61 Å². The first-order valence-corrected chi connectivity index (χ1v) is 6.22. The molecule has 0 bridgehead atoms. The lowest BCUT2D eigenvalue weighted by molar-refractivity contribution is 0.0956. The summed E-state index contributed by atoms with van der Waals surface area (Å²) >= 11 is 0. The molecular formula is C15H15NO3. The molecule has 0 fully saturated rings. The molecule has 4 heteroatoms. The van der Waals surface area contributed by atoms with Crippen LogP contribution in [-0.4, -0.2) is 22.9 Å². The van der Waals surface area contributed by atoms with Crippen molar-refractivity contribution in [2.45, 2.75) is 12.5 Å². The second-order valence-corrected chi connectivity index (χ2v) is 4.55. The molecule has 1 aliphatic heterocycles. The van der Waals surface area contributed by atoms with Crippen LogP contribution in [0.1, 0.15) is 5.56 Å². The number of aliphatic hydroxyl groups is 2. The fourth-order valence-electron chi connectivity index (χ4n) is 2.20. The monoisotopic (exact) mass is 257 g/mol. The average Bonchev–Trinajstić information content (AvgIpc) is 2.45. The highest BCUT2D eigenvalue weighted by molar-refractivity contribution is 5.77. The molecule has 0 aliphatic carbocycles. The number of anilines is 2. The van der Waals surface area contributed by atoms with Crippen LogP contribution in [-0.2, 0) is 6.42 Å². The molecule has 4 nitrogen and oxygen atoms in total. The van der Waals surface area contributed by atoms with Crippen molar-refractivity contribution in [3.05, 3.63) is 48.0 Å². The van der Waals surface area contributed by atoms with Crippen LogP contribution < -0.4 is 10.1 Å². The molecule has 19 heavy (non-hydrogen) atoms. The van der Waals surface area contributed by atoms with Crippen LogP contribution >= 0.6 is 0 Å². The molecule has 0 aromatic heterocycles. The summed E-state index contributed by atoms with van der Waals surface area (Å²) in [5.41, 5.74) is 2.68. The van der Waals surface area contributed by atoms with Gasteiger partial charge in [0, 0.05) is 6.42 Å². The van der Waals surface area contributed by atoms with Crippen molar-refractivity contribution >= 4 is 11.4 Å². The van der Waals surface area contributed by atoms with Crippen LogP contribution in [0.3, 0.4) is 0 Å². The Morgan fingerprint density at radius 1 is 1.05 bits per heavy atom. The number of aliphatic hydroxyl groups excluding tert-OH is 2. The third kappa shape index (κ3) is 2.28. The van der Waals surface area contributed by atoms with Gasteiger partial charge >= 0.3 is 0 Å². The third-order valence-electron chi connectivity index (χ3n) is 3.15. The molecule has 2 aromatic rings. The van der Waals surface area contributed by atoms with Crippen molar-refractivity contribution < 1.29 is 14.9 Å². The minimum atomic E-state index is -0.759. The Bertz CT molecular complexity index is 598. The molecule has 0 saturated heterocycles. The number of hydrogen-bond donors (Lipinski definition) is 3. The van der Waals surface area contributed by atoms with E-state index in [9.17, 15) is 5.11 Å². The number of para-hydroxylation sites is 3. The molecule has 0 amide bonds. The topological polar surface area (TPSA) is 61.7 Å². The van der Waals surface area contributed by atoms with Gasteiger partial charge in [0.2, 0.25) is 0 Å². The molecule has 0 spiro atoms. The largest absolute Gasteiger partial charge is 0.453 e. The summed E-state index contributed by atoms with van der Waals surface area (Å²) in [5, 5.41) is 21.9. The first-order valence-electron chi connectivity index (χ1n) is 6.22. The molecule has 3 N–H and O–H groups in total. The van der Waals surface area contributed by atoms with E-state index in [0.717, 1.165) is 28.4 Å². The summed E-state index contributed by atoms with van der Waals surface area (Å²) in [5.74, 6) is 1.52. The fraction of sp³-hybridized carbons (Fsp3) is 0.200. The summed E-state index contributed by atoms with van der Waals surface area (Å²) in [6.45, 7) is -0.249. The molecule has 3 rings (SSSR count). The number of rotatable bonds is 3. The lowest BCUT2D eigenvalue weighted by Gasteiger charge is -2.24. The van der Waals surface area contributed by atoms with Gasteiger partial charge in [0.15, 0.2) is 11.5 Å². The van der Waals surface area contributed by atoms with Crippen molar-refractivity contribution in [2.24, 2.45) is 0 Å². The zero-order valence-corrected chi connectivity index (χ0v) is 10.3. The Morgan fingerprint density at radius 3 is 2.68 bits per heavy atom. The number of hydrogen-bond acceptors (Lipinski definition) is 4. The molecule has 1 unspecified atom stereocenters. The van der Waals surface area contributed by atoms with Gasteiger partial charge in [-0.25, -0.2) is 0 Å². The maximum absolute atomic E-state index is 9.59. The van der Waals surface area contributed by atoms with E-state index >= 15 is 0 Å². The molecule has 2 aromatic carbocycles. The summed E-state index contributed by atoms with van der Waals surface area (Å²) < 4.78 is 5.83. The van der Waals surface area contributed by atoms with Gasteiger partial charge in [-0.3, -0.25) is 0 Å². The highest BCUT2D eigenvalue weighted by Crippen LogP contribution is 2.43. The summed E-state index contributed by atoms with van der Waals surface area (Å²) in [7, 11) is 0. The molecular weight excluding hydrogens is 242 g/mol. The van der Waals surface area contributed by atoms with Crippen LogP contribution in [0.5, 0.6) is 11.5 Å². The number of benzene rings is 2. The van der Waals surface area contributed by atoms with Gasteiger partial charge in [-0.1, -0.05) is 24.3 Å². The quantitative estimate of drug-likeness (QED) is 0.674. The predicted molar refractivity (Wildman–Crippen MR) is 73.0 cm³/mol. The predicted octanol–water partition coefficient (Wildman–Crippen LogP) is 2.43. The van der Waals surface area contributed by atoms with Crippen molar-refractivity contribution in [3.63, 3.8) is 0 Å². The van der Waals surface area contributed by atoms with Gasteiger partial charge in [-0.15, -0.1) is 0 Å². The maximum atomic E-state index is 9.59. The van der Waals surface area contributed by atoms with E-state index in [2.05, 4.69) is 5.32 Å². The Hall–Kier alpha value is -2.04. The van der Waals surface area contributed by atoms with Crippen molar-refractivity contribution in [2.75, 3.05) is 11.9 Å². The fourth-order valence-corrected chi connectivity index (χ4v) is 2.20. The highest BCUT2D eigenvalue weighted by atomic mass is 16.5. The number of fused-ring (bicyclic) bond motifs is 2. The third-order valence-corrected chi connectivity index (χ3v) is 3.15. The zero-order chi connectivity index (χ0) is 13.2. The van der Waals surface area contributed by atoms with E-state index in [1.807, 2.05) is 42.5 Å². The Morgan fingerprint density at radius 2 is 1.84 bits per heavy atom. The molecule has 98 valence electrons. The van der Waals surface area contributed by atoms with E-state index in [1.54, 1.807) is 0 Å². The number of nitrogens with one attached hydrogen (secondary N) is 1. The van der Waals surface area contributed by atoms with Crippen molar-refractivity contribution in [3.8, 4) is 11.5 Å². The first kappa shape index (κ1) is 12.0. The van der Waals surface area contributed by atoms with Crippen LogP contribution in [0, 0.1) is 0 Å². The van der Waals surface area contributed by atoms with Gasteiger partial charge in [-0.05, 0) is 23.8 Å². The molecule has 0 saturated carbocycles.